The van der Waals surface area contributed by atoms with Gasteiger partial charge in [0.05, 0.1) is 6.20 Å². The summed E-state index contributed by atoms with van der Waals surface area (Å²) >= 11 is 0. The summed E-state index contributed by atoms with van der Waals surface area (Å²) in [7, 11) is 0. The van der Waals surface area contributed by atoms with E-state index in [1.54, 1.807) is 18.3 Å². The van der Waals surface area contributed by atoms with E-state index in [0.29, 0.717) is 18.2 Å². The number of amides is 1. The van der Waals surface area contributed by atoms with Gasteiger partial charge in [0.15, 0.2) is 5.76 Å². The van der Waals surface area contributed by atoms with Gasteiger partial charge in [-0.15, -0.1) is 0 Å². The van der Waals surface area contributed by atoms with Gasteiger partial charge in [0, 0.05) is 24.8 Å². The third-order valence-electron chi connectivity index (χ3n) is 4.51. The maximum atomic E-state index is 12.3. The maximum absolute atomic E-state index is 12.3. The Morgan fingerprint density at radius 3 is 2.82 bits per heavy atom. The number of nitrogens with zero attached hydrogens (tertiary/aromatic N) is 2. The van der Waals surface area contributed by atoms with Crippen LogP contribution in [0, 0.1) is 6.92 Å². The van der Waals surface area contributed by atoms with Crippen LogP contribution in [-0.2, 0) is 19.7 Å². The van der Waals surface area contributed by atoms with Crippen molar-refractivity contribution in [3.63, 3.8) is 0 Å². The van der Waals surface area contributed by atoms with E-state index in [9.17, 15) is 4.79 Å². The summed E-state index contributed by atoms with van der Waals surface area (Å²) in [6.45, 7) is 9.81. The lowest BCUT2D eigenvalue weighted by atomic mass is 10.0. The molecular weight excluding hydrogens is 354 g/mol. The summed E-state index contributed by atoms with van der Waals surface area (Å²) in [5.41, 5.74) is 3.25. The van der Waals surface area contributed by atoms with Crippen molar-refractivity contribution in [1.82, 2.24) is 15.1 Å². The zero-order chi connectivity index (χ0) is 20.1. The minimum Gasteiger partial charge on any atom is -0.485 e. The Kier molecular flexibility index (Phi) is 6.19. The van der Waals surface area contributed by atoms with E-state index in [4.69, 9.17) is 9.15 Å². The van der Waals surface area contributed by atoms with E-state index in [1.807, 2.05) is 30.8 Å². The van der Waals surface area contributed by atoms with Crippen LogP contribution in [0.1, 0.15) is 59.7 Å². The molecule has 148 valence electrons. The number of carbonyl (C=O) groups is 1. The van der Waals surface area contributed by atoms with Crippen molar-refractivity contribution >= 4 is 5.91 Å². The van der Waals surface area contributed by atoms with Crippen LogP contribution in [0.5, 0.6) is 5.75 Å². The summed E-state index contributed by atoms with van der Waals surface area (Å²) in [5.74, 6) is 1.85. The third-order valence-corrected chi connectivity index (χ3v) is 4.51. The van der Waals surface area contributed by atoms with Crippen LogP contribution < -0.4 is 10.1 Å². The summed E-state index contributed by atoms with van der Waals surface area (Å²) in [5, 5.41) is 7.04. The van der Waals surface area contributed by atoms with Gasteiger partial charge in [0.1, 0.15) is 18.1 Å². The fourth-order valence-electron chi connectivity index (χ4n) is 2.91. The van der Waals surface area contributed by atoms with Gasteiger partial charge in [0.25, 0.3) is 5.91 Å². The van der Waals surface area contributed by atoms with Crippen molar-refractivity contribution in [2.45, 2.75) is 53.3 Å². The fourth-order valence-corrected chi connectivity index (χ4v) is 2.91. The van der Waals surface area contributed by atoms with Crippen LogP contribution in [-0.4, -0.2) is 15.7 Å². The van der Waals surface area contributed by atoms with E-state index < -0.39 is 0 Å². The molecule has 2 aromatic heterocycles. The van der Waals surface area contributed by atoms with Crippen molar-refractivity contribution < 1.29 is 13.9 Å². The highest BCUT2D eigenvalue weighted by atomic mass is 16.5. The first-order chi connectivity index (χ1) is 13.5. The highest BCUT2D eigenvalue weighted by Crippen LogP contribution is 2.28. The van der Waals surface area contributed by atoms with Gasteiger partial charge < -0.3 is 14.5 Å². The molecule has 1 N–H and O–H groups in total. The van der Waals surface area contributed by atoms with Gasteiger partial charge in [-0.05, 0) is 49.1 Å². The monoisotopic (exact) mass is 381 g/mol. The molecule has 6 nitrogen and oxygen atoms in total. The Labute approximate surface area is 165 Å². The highest BCUT2D eigenvalue weighted by Gasteiger charge is 2.13. The first-order valence-corrected chi connectivity index (χ1v) is 9.58. The lowest BCUT2D eigenvalue weighted by molar-refractivity contribution is 0.0919. The molecule has 1 aromatic carbocycles. The molecule has 0 radical (unpaired) electrons. The summed E-state index contributed by atoms with van der Waals surface area (Å²) in [6, 6.07) is 9.65. The molecule has 0 aliphatic carbocycles. The molecule has 3 rings (SSSR count). The van der Waals surface area contributed by atoms with Crippen molar-refractivity contribution in [2.75, 3.05) is 0 Å². The topological polar surface area (TPSA) is 69.3 Å². The summed E-state index contributed by atoms with van der Waals surface area (Å²) in [6.07, 6.45) is 3.66. The number of aromatic nitrogens is 2. The van der Waals surface area contributed by atoms with Gasteiger partial charge >= 0.3 is 0 Å². The Morgan fingerprint density at radius 1 is 1.29 bits per heavy atom. The van der Waals surface area contributed by atoms with E-state index in [0.717, 1.165) is 29.0 Å². The fraction of sp³-hybridized carbons (Fsp3) is 0.364. The number of furan rings is 1. The van der Waals surface area contributed by atoms with Crippen molar-refractivity contribution in [3.8, 4) is 5.75 Å². The molecule has 28 heavy (non-hydrogen) atoms. The molecule has 1 amide bonds. The number of hydrogen-bond donors (Lipinski definition) is 1. The number of carbonyl (C=O) groups excluding carboxylic acids is 1. The van der Waals surface area contributed by atoms with E-state index in [2.05, 4.69) is 36.4 Å². The third kappa shape index (κ3) is 4.82. The van der Waals surface area contributed by atoms with Crippen LogP contribution in [0.3, 0.4) is 0 Å². The molecular formula is C22H27N3O3. The minimum absolute atomic E-state index is 0.256. The zero-order valence-electron chi connectivity index (χ0n) is 16.9. The van der Waals surface area contributed by atoms with Crippen LogP contribution in [0.25, 0.3) is 0 Å². The Morgan fingerprint density at radius 2 is 2.11 bits per heavy atom. The molecule has 3 aromatic rings. The number of benzene rings is 1. The molecule has 6 heteroatoms. The number of aryl methyl sites for hydroxylation is 2. The van der Waals surface area contributed by atoms with Gasteiger partial charge in [-0.1, -0.05) is 26.0 Å². The first-order valence-electron chi connectivity index (χ1n) is 9.58. The van der Waals surface area contributed by atoms with E-state index in [1.165, 1.54) is 0 Å². The molecule has 0 bridgehead atoms. The Hall–Kier alpha value is -3.02. The highest BCUT2D eigenvalue weighted by molar-refractivity contribution is 5.91. The van der Waals surface area contributed by atoms with Crippen molar-refractivity contribution in [1.29, 1.82) is 0 Å². The molecule has 0 fully saturated rings. The molecule has 0 aliphatic rings. The smallest absolute Gasteiger partial charge is 0.287 e. The predicted octanol–water partition coefficient (Wildman–Crippen LogP) is 4.44. The second-order valence-corrected chi connectivity index (χ2v) is 7.14. The van der Waals surface area contributed by atoms with Gasteiger partial charge in [-0.3, -0.25) is 9.48 Å². The largest absolute Gasteiger partial charge is 0.485 e. The minimum atomic E-state index is -0.256. The van der Waals surface area contributed by atoms with Gasteiger partial charge in [0.2, 0.25) is 0 Å². The number of ether oxygens (including phenoxy) is 1. The molecule has 0 saturated carbocycles. The predicted molar refractivity (Wildman–Crippen MR) is 107 cm³/mol. The van der Waals surface area contributed by atoms with Crippen LogP contribution in [0.15, 0.2) is 47.1 Å². The second-order valence-electron chi connectivity index (χ2n) is 7.14. The molecule has 0 aliphatic heterocycles. The molecule has 2 heterocycles. The van der Waals surface area contributed by atoms with E-state index in [-0.39, 0.29) is 18.3 Å². The molecule has 0 spiro atoms. The molecule has 0 unspecified atom stereocenters. The van der Waals surface area contributed by atoms with Crippen LogP contribution in [0.2, 0.25) is 0 Å². The first kappa shape index (κ1) is 19.7. The summed E-state index contributed by atoms with van der Waals surface area (Å²) < 4.78 is 13.4. The summed E-state index contributed by atoms with van der Waals surface area (Å²) in [4.78, 5) is 12.3. The molecule has 0 atom stereocenters. The Bertz CT molecular complexity index is 940. The molecule has 0 saturated heterocycles. The zero-order valence-corrected chi connectivity index (χ0v) is 16.9. The maximum Gasteiger partial charge on any atom is 0.287 e. The normalized spacial score (nSPS) is 11.0. The lowest BCUT2D eigenvalue weighted by Crippen LogP contribution is -2.22. The van der Waals surface area contributed by atoms with Crippen molar-refractivity contribution in [2.24, 2.45) is 0 Å². The number of hydrogen-bond acceptors (Lipinski definition) is 4. The average Bonchev–Trinajstić information content (AvgIpc) is 3.33. The standard InChI is InChI=1S/C22H27N3O3/c1-5-25-13-17(12-24-25)11-23-22(26)20-9-7-18(28-20)14-27-21-10-16(4)6-8-19(21)15(2)3/h6-10,12-13,15H,5,11,14H2,1-4H3,(H,23,26). The Balaban J connectivity index is 1.58. The van der Waals surface area contributed by atoms with Crippen LogP contribution in [0.4, 0.5) is 0 Å². The average molecular weight is 381 g/mol. The lowest BCUT2D eigenvalue weighted by Gasteiger charge is -2.14. The quantitative estimate of drug-likeness (QED) is 0.626. The van der Waals surface area contributed by atoms with E-state index >= 15 is 0 Å². The van der Waals surface area contributed by atoms with Crippen LogP contribution >= 0.6 is 0 Å². The second kappa shape index (κ2) is 8.78. The van der Waals surface area contributed by atoms with Gasteiger partial charge in [-0.25, -0.2) is 0 Å². The van der Waals surface area contributed by atoms with Crippen molar-refractivity contribution in [3.05, 3.63) is 70.9 Å². The van der Waals surface area contributed by atoms with Gasteiger partial charge in [-0.2, -0.15) is 5.10 Å². The SMILES string of the molecule is CCn1cc(CNC(=O)c2ccc(COc3cc(C)ccc3C(C)C)o2)cn1. The number of rotatable bonds is 8. The number of nitrogens with one attached hydrogen (secondary N) is 1.